The molecule has 2 unspecified atom stereocenters. The molecule has 3 fully saturated rings. The number of carbonyl (C=O) groups is 1. The molecule has 0 aliphatic heterocycles. The Morgan fingerprint density at radius 3 is 2.39 bits per heavy atom. The molecule has 0 bridgehead atoms. The first-order valence-corrected chi connectivity index (χ1v) is 7.46. The lowest BCUT2D eigenvalue weighted by Gasteiger charge is -2.28. The van der Waals surface area contributed by atoms with Gasteiger partial charge in [-0.05, 0) is 55.4 Å². The van der Waals surface area contributed by atoms with Gasteiger partial charge in [0, 0.05) is 11.5 Å². The highest BCUT2D eigenvalue weighted by atomic mass is 16.1. The molecule has 0 amide bonds. The Labute approximate surface area is 109 Å². The van der Waals surface area contributed by atoms with E-state index in [1.807, 2.05) is 6.07 Å². The maximum atomic E-state index is 12.7. The normalized spacial score (nSPS) is 33.9. The maximum Gasteiger partial charge on any atom is 0.166 e. The van der Waals surface area contributed by atoms with E-state index in [1.165, 1.54) is 44.1 Å². The third kappa shape index (κ3) is 1.64. The van der Waals surface area contributed by atoms with Crippen molar-refractivity contribution >= 4 is 5.78 Å². The van der Waals surface area contributed by atoms with Crippen molar-refractivity contribution in [3.05, 3.63) is 35.4 Å². The molecule has 3 aliphatic rings. The van der Waals surface area contributed by atoms with Gasteiger partial charge in [0.1, 0.15) is 0 Å². The molecule has 0 N–H and O–H groups in total. The van der Waals surface area contributed by atoms with Gasteiger partial charge in [-0.3, -0.25) is 4.79 Å². The van der Waals surface area contributed by atoms with Gasteiger partial charge in [-0.25, -0.2) is 0 Å². The Hall–Kier alpha value is -1.11. The highest BCUT2D eigenvalue weighted by molar-refractivity contribution is 5.99. The number of ketones is 1. The van der Waals surface area contributed by atoms with Crippen LogP contribution in [0.5, 0.6) is 0 Å². The largest absolute Gasteiger partial charge is 0.294 e. The van der Waals surface area contributed by atoms with Gasteiger partial charge in [-0.15, -0.1) is 0 Å². The fraction of sp³-hybridized carbons (Fsp3) is 0.588. The van der Waals surface area contributed by atoms with Crippen LogP contribution in [0.2, 0.25) is 0 Å². The molecule has 1 aromatic carbocycles. The second-order valence-corrected chi connectivity index (χ2v) is 6.50. The Morgan fingerprint density at radius 1 is 1.00 bits per heavy atom. The van der Waals surface area contributed by atoms with E-state index in [9.17, 15) is 4.79 Å². The highest BCUT2D eigenvalue weighted by Crippen LogP contribution is 2.55. The quantitative estimate of drug-likeness (QED) is 0.724. The summed E-state index contributed by atoms with van der Waals surface area (Å²) in [6.45, 7) is 0. The zero-order chi connectivity index (χ0) is 12.1. The molecule has 0 spiro atoms. The van der Waals surface area contributed by atoms with Crippen LogP contribution in [0.4, 0.5) is 0 Å². The van der Waals surface area contributed by atoms with Gasteiger partial charge in [0.2, 0.25) is 0 Å². The van der Waals surface area contributed by atoms with E-state index in [0.717, 1.165) is 17.4 Å². The molecule has 18 heavy (non-hydrogen) atoms. The van der Waals surface area contributed by atoms with Gasteiger partial charge in [-0.1, -0.05) is 30.7 Å². The summed E-state index contributed by atoms with van der Waals surface area (Å²) in [6, 6.07) is 8.38. The number of hydrogen-bond donors (Lipinski definition) is 0. The average Bonchev–Trinajstić information content (AvgIpc) is 2.94. The Balaban J connectivity index is 1.60. The predicted molar refractivity (Wildman–Crippen MR) is 71.7 cm³/mol. The standard InChI is InChI=1S/C17H20O/c18-17(14-9-12-8-13(12)10-14)16-7-2-1-6-15(16)11-4-3-5-11/h1-2,6-7,11-14H,3-5,8-10H2. The minimum Gasteiger partial charge on any atom is -0.294 e. The lowest BCUT2D eigenvalue weighted by molar-refractivity contribution is 0.0912. The third-order valence-electron chi connectivity index (χ3n) is 5.39. The van der Waals surface area contributed by atoms with Crippen LogP contribution in [-0.2, 0) is 0 Å². The van der Waals surface area contributed by atoms with Crippen LogP contribution in [0, 0.1) is 17.8 Å². The van der Waals surface area contributed by atoms with E-state index < -0.39 is 0 Å². The van der Waals surface area contributed by atoms with E-state index in [2.05, 4.69) is 18.2 Å². The van der Waals surface area contributed by atoms with Gasteiger partial charge in [0.25, 0.3) is 0 Å². The Morgan fingerprint density at radius 2 is 1.72 bits per heavy atom. The van der Waals surface area contributed by atoms with Gasteiger partial charge in [0.15, 0.2) is 5.78 Å². The van der Waals surface area contributed by atoms with E-state index >= 15 is 0 Å². The fourth-order valence-electron chi connectivity index (χ4n) is 3.95. The second-order valence-electron chi connectivity index (χ2n) is 6.50. The molecule has 0 radical (unpaired) electrons. The van der Waals surface area contributed by atoms with E-state index in [4.69, 9.17) is 0 Å². The van der Waals surface area contributed by atoms with Gasteiger partial charge in [0.05, 0.1) is 0 Å². The summed E-state index contributed by atoms with van der Waals surface area (Å²) in [5.74, 6) is 3.25. The van der Waals surface area contributed by atoms with E-state index in [-0.39, 0.29) is 0 Å². The minimum absolute atomic E-state index is 0.343. The zero-order valence-electron chi connectivity index (χ0n) is 10.8. The Kier molecular flexibility index (Phi) is 2.36. The molecule has 1 nitrogen and oxygen atoms in total. The SMILES string of the molecule is O=C(c1ccccc1C1CCC1)C1CC2CC2C1. The highest BCUT2D eigenvalue weighted by Gasteiger charge is 2.48. The summed E-state index contributed by atoms with van der Waals surface area (Å²) >= 11 is 0. The second kappa shape index (κ2) is 3.94. The molecule has 1 aromatic rings. The first-order chi connectivity index (χ1) is 8.83. The van der Waals surface area contributed by atoms with Crippen molar-refractivity contribution in [3.63, 3.8) is 0 Å². The third-order valence-corrected chi connectivity index (χ3v) is 5.39. The number of benzene rings is 1. The predicted octanol–water partition coefficient (Wildman–Crippen LogP) is 4.18. The number of rotatable bonds is 3. The first kappa shape index (κ1) is 10.8. The van der Waals surface area contributed by atoms with Crippen molar-refractivity contribution < 1.29 is 4.79 Å². The van der Waals surface area contributed by atoms with Crippen molar-refractivity contribution in [1.29, 1.82) is 0 Å². The van der Waals surface area contributed by atoms with Crippen LogP contribution in [0.15, 0.2) is 24.3 Å². The van der Waals surface area contributed by atoms with Crippen molar-refractivity contribution in [2.24, 2.45) is 17.8 Å². The zero-order valence-corrected chi connectivity index (χ0v) is 10.8. The van der Waals surface area contributed by atoms with Crippen LogP contribution in [0.1, 0.15) is 60.4 Å². The molecule has 0 heterocycles. The smallest absolute Gasteiger partial charge is 0.166 e. The van der Waals surface area contributed by atoms with Crippen molar-refractivity contribution in [1.82, 2.24) is 0 Å². The van der Waals surface area contributed by atoms with E-state index in [0.29, 0.717) is 17.6 Å². The molecule has 3 aliphatic carbocycles. The molecule has 0 aromatic heterocycles. The fourth-order valence-corrected chi connectivity index (χ4v) is 3.95. The molecular formula is C17H20O. The lowest BCUT2D eigenvalue weighted by atomic mass is 9.76. The van der Waals surface area contributed by atoms with Crippen LogP contribution in [-0.4, -0.2) is 5.78 Å². The maximum absolute atomic E-state index is 12.7. The Bertz CT molecular complexity index is 476. The van der Waals surface area contributed by atoms with Crippen LogP contribution >= 0.6 is 0 Å². The summed E-state index contributed by atoms with van der Waals surface area (Å²) < 4.78 is 0. The first-order valence-electron chi connectivity index (χ1n) is 7.46. The molecular weight excluding hydrogens is 220 g/mol. The summed E-state index contributed by atoms with van der Waals surface area (Å²) in [6.07, 6.45) is 7.63. The van der Waals surface area contributed by atoms with Gasteiger partial charge in [-0.2, -0.15) is 0 Å². The van der Waals surface area contributed by atoms with Crippen molar-refractivity contribution in [2.75, 3.05) is 0 Å². The van der Waals surface area contributed by atoms with Crippen LogP contribution in [0.3, 0.4) is 0 Å². The molecule has 94 valence electrons. The number of hydrogen-bond acceptors (Lipinski definition) is 1. The monoisotopic (exact) mass is 240 g/mol. The summed E-state index contributed by atoms with van der Waals surface area (Å²) in [4.78, 5) is 12.7. The minimum atomic E-state index is 0.343. The topological polar surface area (TPSA) is 17.1 Å². The van der Waals surface area contributed by atoms with Crippen molar-refractivity contribution in [2.45, 2.75) is 44.4 Å². The number of carbonyl (C=O) groups excluding carboxylic acids is 1. The van der Waals surface area contributed by atoms with Gasteiger partial charge < -0.3 is 0 Å². The van der Waals surface area contributed by atoms with Crippen molar-refractivity contribution in [3.8, 4) is 0 Å². The van der Waals surface area contributed by atoms with Gasteiger partial charge >= 0.3 is 0 Å². The van der Waals surface area contributed by atoms with E-state index in [1.54, 1.807) is 0 Å². The summed E-state index contributed by atoms with van der Waals surface area (Å²) in [7, 11) is 0. The lowest BCUT2D eigenvalue weighted by Crippen LogP contribution is -2.18. The molecule has 2 atom stereocenters. The van der Waals surface area contributed by atoms with Crippen LogP contribution in [0.25, 0.3) is 0 Å². The number of Topliss-reactive ketones (excluding diaryl/α,β-unsaturated/α-hetero) is 1. The molecule has 3 saturated carbocycles. The molecule has 1 heteroatoms. The van der Waals surface area contributed by atoms with Crippen LogP contribution < -0.4 is 0 Å². The average molecular weight is 240 g/mol. The molecule has 4 rings (SSSR count). The number of fused-ring (bicyclic) bond motifs is 1. The summed E-state index contributed by atoms with van der Waals surface area (Å²) in [5.41, 5.74) is 2.39. The molecule has 0 saturated heterocycles. The summed E-state index contributed by atoms with van der Waals surface area (Å²) in [5, 5.41) is 0.